The van der Waals surface area contributed by atoms with Crippen LogP contribution in [0.2, 0.25) is 0 Å². The summed E-state index contributed by atoms with van der Waals surface area (Å²) in [4.78, 5) is 58.4. The lowest BCUT2D eigenvalue weighted by Crippen LogP contribution is -2.66. The van der Waals surface area contributed by atoms with Gasteiger partial charge in [0.1, 0.15) is 12.7 Å². The first-order chi connectivity index (χ1) is 14.5. The lowest BCUT2D eigenvalue weighted by Gasteiger charge is -2.44. The molecule has 0 aromatic rings. The third kappa shape index (κ3) is 9.20. The van der Waals surface area contributed by atoms with Crippen LogP contribution in [-0.4, -0.2) is 73.8 Å². The van der Waals surface area contributed by atoms with Crippen molar-refractivity contribution in [3.05, 3.63) is 0 Å². The topological polar surface area (TPSA) is 153 Å². The van der Waals surface area contributed by atoms with Crippen LogP contribution in [0.15, 0.2) is 0 Å². The number of alkyl carbamates (subject to hydrolysis) is 1. The monoisotopic (exact) mass is 447 g/mol. The molecule has 1 N–H and O–H groups in total. The molecule has 12 heteroatoms. The number of carbonyl (C=O) groups is 5. The van der Waals surface area contributed by atoms with Crippen molar-refractivity contribution in [2.45, 2.75) is 78.1 Å². The van der Waals surface area contributed by atoms with Gasteiger partial charge in [-0.05, 0) is 6.42 Å². The first-order valence-electron chi connectivity index (χ1n) is 9.78. The Balaban J connectivity index is 3.23. The van der Waals surface area contributed by atoms with Crippen LogP contribution in [0.1, 0.15) is 47.5 Å². The molecule has 1 aliphatic heterocycles. The van der Waals surface area contributed by atoms with Gasteiger partial charge < -0.3 is 28.4 Å². The molecule has 5 atom stereocenters. The standard InChI is InChI=1S/C19H29NO11/c1-6-7-8-26-19(25)20-18-17(30-13(5)24)16(29-12(4)23)15(28-11(3)22)14(31-18)9-27-10(2)21/h14-18H,6-9H2,1-5H3,(H,20,25)/t14-,15+,16+,17-,18+/m0/s1. The van der Waals surface area contributed by atoms with E-state index in [4.69, 9.17) is 28.4 Å². The molecule has 0 bridgehead atoms. The van der Waals surface area contributed by atoms with Gasteiger partial charge in [0.2, 0.25) is 0 Å². The maximum absolute atomic E-state index is 12.1. The third-order valence-electron chi connectivity index (χ3n) is 3.98. The van der Waals surface area contributed by atoms with Crippen LogP contribution in [0, 0.1) is 0 Å². The molecule has 0 aromatic heterocycles. The van der Waals surface area contributed by atoms with Crippen LogP contribution in [0.25, 0.3) is 0 Å². The molecule has 1 rings (SSSR count). The van der Waals surface area contributed by atoms with E-state index < -0.39 is 60.6 Å². The maximum atomic E-state index is 12.1. The Morgan fingerprint density at radius 2 is 1.32 bits per heavy atom. The van der Waals surface area contributed by atoms with Gasteiger partial charge in [0.25, 0.3) is 0 Å². The Morgan fingerprint density at radius 3 is 1.84 bits per heavy atom. The number of nitrogens with one attached hydrogen (secondary N) is 1. The number of unbranched alkanes of at least 4 members (excludes halogenated alkanes) is 1. The van der Waals surface area contributed by atoms with E-state index >= 15 is 0 Å². The molecule has 0 unspecified atom stereocenters. The van der Waals surface area contributed by atoms with Crippen LogP contribution >= 0.6 is 0 Å². The Bertz CT molecular complexity index is 665. The predicted molar refractivity (Wildman–Crippen MR) is 101 cm³/mol. The van der Waals surface area contributed by atoms with Crippen molar-refractivity contribution in [1.29, 1.82) is 0 Å². The lowest BCUT2D eigenvalue weighted by atomic mass is 9.97. The van der Waals surface area contributed by atoms with Crippen molar-refractivity contribution in [2.75, 3.05) is 13.2 Å². The Hall–Kier alpha value is -2.89. The van der Waals surface area contributed by atoms with Gasteiger partial charge in [0.15, 0.2) is 24.5 Å². The Labute approximate surface area is 179 Å². The number of amides is 1. The van der Waals surface area contributed by atoms with Crippen LogP contribution in [-0.2, 0) is 47.6 Å². The van der Waals surface area contributed by atoms with Crippen molar-refractivity contribution >= 4 is 30.0 Å². The molecule has 0 spiro atoms. The average Bonchev–Trinajstić information content (AvgIpc) is 2.64. The SMILES string of the molecule is CCCCOC(=O)N[C@@H]1O[C@@H](COC(C)=O)[C@@H](OC(C)=O)[C@@H](OC(C)=O)[C@@H]1OC(C)=O. The summed E-state index contributed by atoms with van der Waals surface area (Å²) in [6.45, 7) is 6.16. The fourth-order valence-electron chi connectivity index (χ4n) is 2.81. The molecule has 0 saturated carbocycles. The van der Waals surface area contributed by atoms with E-state index in [2.05, 4.69) is 5.32 Å². The molecule has 1 heterocycles. The number of carbonyl (C=O) groups excluding carboxylic acids is 5. The Morgan fingerprint density at radius 1 is 0.774 bits per heavy atom. The number of hydrogen-bond acceptors (Lipinski definition) is 11. The van der Waals surface area contributed by atoms with E-state index in [0.29, 0.717) is 6.42 Å². The molecule has 1 fully saturated rings. The highest BCUT2D eigenvalue weighted by Gasteiger charge is 2.52. The van der Waals surface area contributed by atoms with Gasteiger partial charge in [-0.1, -0.05) is 13.3 Å². The van der Waals surface area contributed by atoms with E-state index in [1.54, 1.807) is 0 Å². The molecule has 0 aromatic carbocycles. The molecule has 12 nitrogen and oxygen atoms in total. The zero-order chi connectivity index (χ0) is 23.6. The smallest absolute Gasteiger partial charge is 0.409 e. The van der Waals surface area contributed by atoms with Gasteiger partial charge in [-0.25, -0.2) is 4.79 Å². The van der Waals surface area contributed by atoms with E-state index in [0.717, 1.165) is 34.1 Å². The van der Waals surface area contributed by atoms with E-state index in [9.17, 15) is 24.0 Å². The van der Waals surface area contributed by atoms with Gasteiger partial charge in [0, 0.05) is 27.7 Å². The second-order valence-corrected chi connectivity index (χ2v) is 6.75. The number of hydrogen-bond donors (Lipinski definition) is 1. The fourth-order valence-corrected chi connectivity index (χ4v) is 2.81. The van der Waals surface area contributed by atoms with Crippen LogP contribution in [0.4, 0.5) is 4.79 Å². The fraction of sp³-hybridized carbons (Fsp3) is 0.737. The van der Waals surface area contributed by atoms with Gasteiger partial charge in [-0.3, -0.25) is 24.5 Å². The summed E-state index contributed by atoms with van der Waals surface area (Å²) in [5.74, 6) is -2.92. The summed E-state index contributed by atoms with van der Waals surface area (Å²) in [5.41, 5.74) is 0. The van der Waals surface area contributed by atoms with Crippen molar-refractivity contribution in [2.24, 2.45) is 0 Å². The van der Waals surface area contributed by atoms with Gasteiger partial charge in [0.05, 0.1) is 6.61 Å². The molecule has 1 aliphatic rings. The highest BCUT2D eigenvalue weighted by atomic mass is 16.7. The number of esters is 4. The highest BCUT2D eigenvalue weighted by Crippen LogP contribution is 2.28. The maximum Gasteiger partial charge on any atom is 0.409 e. The number of ether oxygens (including phenoxy) is 6. The second kappa shape index (κ2) is 12.7. The van der Waals surface area contributed by atoms with Crippen molar-refractivity contribution < 1.29 is 52.4 Å². The quantitative estimate of drug-likeness (QED) is 0.300. The van der Waals surface area contributed by atoms with Crippen molar-refractivity contribution in [1.82, 2.24) is 5.32 Å². The molecular formula is C19H29NO11. The van der Waals surface area contributed by atoms with E-state index in [-0.39, 0.29) is 13.2 Å². The largest absolute Gasteiger partial charge is 0.463 e. The highest BCUT2D eigenvalue weighted by molar-refractivity contribution is 5.70. The molecule has 1 amide bonds. The summed E-state index contributed by atoms with van der Waals surface area (Å²) in [7, 11) is 0. The average molecular weight is 447 g/mol. The van der Waals surface area contributed by atoms with Crippen LogP contribution < -0.4 is 5.32 Å². The molecule has 0 aliphatic carbocycles. The minimum absolute atomic E-state index is 0.146. The van der Waals surface area contributed by atoms with Gasteiger partial charge in [-0.2, -0.15) is 0 Å². The molecule has 1 saturated heterocycles. The normalized spacial score (nSPS) is 25.0. The predicted octanol–water partition coefficient (Wildman–Crippen LogP) is 0.596. The van der Waals surface area contributed by atoms with Crippen LogP contribution in [0.3, 0.4) is 0 Å². The zero-order valence-corrected chi connectivity index (χ0v) is 18.2. The van der Waals surface area contributed by atoms with Crippen LogP contribution in [0.5, 0.6) is 0 Å². The van der Waals surface area contributed by atoms with Gasteiger partial charge in [-0.15, -0.1) is 0 Å². The molecular weight excluding hydrogens is 418 g/mol. The lowest BCUT2D eigenvalue weighted by molar-refractivity contribution is -0.256. The second-order valence-electron chi connectivity index (χ2n) is 6.75. The summed E-state index contributed by atoms with van der Waals surface area (Å²) in [6.07, 6.45) is -5.97. The van der Waals surface area contributed by atoms with Crippen molar-refractivity contribution in [3.63, 3.8) is 0 Å². The first-order valence-corrected chi connectivity index (χ1v) is 9.78. The van der Waals surface area contributed by atoms with E-state index in [1.165, 1.54) is 0 Å². The minimum Gasteiger partial charge on any atom is -0.463 e. The summed E-state index contributed by atoms with van der Waals surface area (Å²) in [5, 5.41) is 2.40. The Kier molecular flexibility index (Phi) is 10.7. The van der Waals surface area contributed by atoms with E-state index in [1.807, 2.05) is 6.92 Å². The molecule has 0 radical (unpaired) electrons. The summed E-state index contributed by atoms with van der Waals surface area (Å²) < 4.78 is 31.4. The first kappa shape index (κ1) is 26.1. The summed E-state index contributed by atoms with van der Waals surface area (Å²) >= 11 is 0. The third-order valence-corrected chi connectivity index (χ3v) is 3.98. The molecule has 31 heavy (non-hydrogen) atoms. The van der Waals surface area contributed by atoms with Gasteiger partial charge >= 0.3 is 30.0 Å². The summed E-state index contributed by atoms with van der Waals surface area (Å²) in [6, 6.07) is 0. The van der Waals surface area contributed by atoms with Crippen molar-refractivity contribution in [3.8, 4) is 0 Å². The minimum atomic E-state index is -1.38. The number of rotatable bonds is 9. The molecule has 176 valence electrons. The zero-order valence-electron chi connectivity index (χ0n) is 18.2.